The average Bonchev–Trinajstić information content (AvgIpc) is 2.93. The zero-order valence-electron chi connectivity index (χ0n) is 11.6. The Hall–Kier alpha value is -1.12. The Morgan fingerprint density at radius 2 is 2.29 bits per heavy atom. The molecule has 0 saturated heterocycles. The number of Topliss-reactive ketones (excluding diaryl/α,β-unsaturated/α-hetero) is 1. The number of halogens is 1. The van der Waals surface area contributed by atoms with Crippen LogP contribution in [0.3, 0.4) is 0 Å². The fourth-order valence-electron chi connectivity index (χ4n) is 1.54. The van der Waals surface area contributed by atoms with E-state index in [0.717, 1.165) is 20.5 Å². The average molecular weight is 388 g/mol. The molecule has 1 heterocycles. The second-order valence-corrected chi connectivity index (χ2v) is 7.02. The van der Waals surface area contributed by atoms with Crippen molar-refractivity contribution in [1.82, 2.24) is 10.2 Å². The van der Waals surface area contributed by atoms with Gasteiger partial charge in [-0.05, 0) is 41.1 Å². The second-order valence-electron chi connectivity index (χ2n) is 3.96. The molecule has 5 nitrogen and oxygen atoms in total. The van der Waals surface area contributed by atoms with E-state index < -0.39 is 0 Å². The van der Waals surface area contributed by atoms with Crippen LogP contribution in [0.15, 0.2) is 27.0 Å². The van der Waals surface area contributed by atoms with E-state index in [1.165, 1.54) is 23.1 Å². The monoisotopic (exact) mass is 387 g/mol. The highest BCUT2D eigenvalue weighted by Gasteiger charge is 2.11. The van der Waals surface area contributed by atoms with Gasteiger partial charge in [-0.3, -0.25) is 4.79 Å². The lowest BCUT2D eigenvalue weighted by Gasteiger charge is -2.05. The van der Waals surface area contributed by atoms with Crippen LogP contribution in [0.25, 0.3) is 0 Å². The van der Waals surface area contributed by atoms with Crippen LogP contribution in [0.2, 0.25) is 0 Å². The number of carbonyl (C=O) groups excluding carboxylic acids is 1. The summed E-state index contributed by atoms with van der Waals surface area (Å²) in [4.78, 5) is 12.2. The number of methoxy groups -OCH3 is 1. The van der Waals surface area contributed by atoms with Crippen LogP contribution in [-0.4, -0.2) is 35.4 Å². The Bertz CT molecular complexity index is 634. The van der Waals surface area contributed by atoms with E-state index >= 15 is 0 Å². The minimum absolute atomic E-state index is 0.0450. The van der Waals surface area contributed by atoms with Gasteiger partial charge in [-0.1, -0.05) is 23.1 Å². The van der Waals surface area contributed by atoms with Gasteiger partial charge >= 0.3 is 0 Å². The maximum absolute atomic E-state index is 12.2. The van der Waals surface area contributed by atoms with Crippen LogP contribution < -0.4 is 10.1 Å². The standard InChI is InChI=1S/C13H14BrN3O2S2/c1-3-15-12-16-17-13(21-12)20-7-10(18)8-4-5-11(19-2)9(14)6-8/h4-6H,3,7H2,1-2H3,(H,15,16). The van der Waals surface area contributed by atoms with Crippen molar-refractivity contribution >= 4 is 49.9 Å². The van der Waals surface area contributed by atoms with Gasteiger partial charge in [0.15, 0.2) is 10.1 Å². The first-order valence-corrected chi connectivity index (χ1v) is 8.80. The molecule has 0 saturated carbocycles. The molecule has 0 radical (unpaired) electrons. The smallest absolute Gasteiger partial charge is 0.206 e. The Morgan fingerprint density at radius 1 is 1.48 bits per heavy atom. The number of anilines is 1. The first kappa shape index (κ1) is 16.3. The third-order valence-corrected chi connectivity index (χ3v) is 5.17. The zero-order chi connectivity index (χ0) is 15.2. The summed E-state index contributed by atoms with van der Waals surface area (Å²) in [5.41, 5.74) is 0.645. The normalized spacial score (nSPS) is 10.4. The Balaban J connectivity index is 1.96. The van der Waals surface area contributed by atoms with Crippen LogP contribution in [-0.2, 0) is 0 Å². The number of ketones is 1. The number of carbonyl (C=O) groups is 1. The molecule has 8 heteroatoms. The number of thioether (sulfide) groups is 1. The van der Waals surface area contributed by atoms with Gasteiger partial charge in [-0.15, -0.1) is 10.2 Å². The molecule has 2 aromatic rings. The molecule has 0 amide bonds. The maximum atomic E-state index is 12.2. The van der Waals surface area contributed by atoms with Gasteiger partial charge in [0.2, 0.25) is 5.13 Å². The van der Waals surface area contributed by atoms with E-state index in [9.17, 15) is 4.79 Å². The number of hydrogen-bond donors (Lipinski definition) is 1. The highest BCUT2D eigenvalue weighted by molar-refractivity contribution is 9.10. The minimum Gasteiger partial charge on any atom is -0.496 e. The third-order valence-electron chi connectivity index (χ3n) is 2.53. The van der Waals surface area contributed by atoms with E-state index in [0.29, 0.717) is 17.1 Å². The fraction of sp³-hybridized carbons (Fsp3) is 0.308. The minimum atomic E-state index is 0.0450. The first-order chi connectivity index (χ1) is 10.1. The predicted molar refractivity (Wildman–Crippen MR) is 89.8 cm³/mol. The summed E-state index contributed by atoms with van der Waals surface area (Å²) >= 11 is 6.23. The Labute approximate surface area is 139 Å². The highest BCUT2D eigenvalue weighted by atomic mass is 79.9. The van der Waals surface area contributed by atoms with E-state index in [-0.39, 0.29) is 5.78 Å². The molecule has 1 aromatic heterocycles. The lowest BCUT2D eigenvalue weighted by atomic mass is 10.1. The van der Waals surface area contributed by atoms with Crippen molar-refractivity contribution in [2.24, 2.45) is 0 Å². The SMILES string of the molecule is CCNc1nnc(SCC(=O)c2ccc(OC)c(Br)c2)s1. The Kier molecular flexibility index (Phi) is 6.01. The number of nitrogens with one attached hydrogen (secondary N) is 1. The van der Waals surface area contributed by atoms with Crippen LogP contribution in [0.4, 0.5) is 5.13 Å². The second kappa shape index (κ2) is 7.77. The van der Waals surface area contributed by atoms with Gasteiger partial charge in [0.25, 0.3) is 0 Å². The largest absolute Gasteiger partial charge is 0.496 e. The number of aromatic nitrogens is 2. The fourth-order valence-corrected chi connectivity index (χ4v) is 3.80. The van der Waals surface area contributed by atoms with Gasteiger partial charge in [-0.25, -0.2) is 0 Å². The lowest BCUT2D eigenvalue weighted by molar-refractivity contribution is 0.102. The summed E-state index contributed by atoms with van der Waals surface area (Å²) in [7, 11) is 1.59. The quantitative estimate of drug-likeness (QED) is 0.576. The van der Waals surface area contributed by atoms with Crippen LogP contribution in [0.1, 0.15) is 17.3 Å². The summed E-state index contributed by atoms with van der Waals surface area (Å²) < 4.78 is 6.70. The number of nitrogens with zero attached hydrogens (tertiary/aromatic N) is 2. The highest BCUT2D eigenvalue weighted by Crippen LogP contribution is 2.28. The molecular weight excluding hydrogens is 374 g/mol. The van der Waals surface area contributed by atoms with Crippen molar-refractivity contribution in [3.8, 4) is 5.75 Å². The predicted octanol–water partition coefficient (Wildman–Crippen LogP) is 3.72. The molecule has 21 heavy (non-hydrogen) atoms. The number of rotatable bonds is 7. The molecular formula is C13H14BrN3O2S2. The number of ether oxygens (including phenoxy) is 1. The van der Waals surface area contributed by atoms with Crippen molar-refractivity contribution in [3.63, 3.8) is 0 Å². The maximum Gasteiger partial charge on any atom is 0.206 e. The topological polar surface area (TPSA) is 64.1 Å². The van der Waals surface area contributed by atoms with Gasteiger partial charge in [-0.2, -0.15) is 0 Å². The van der Waals surface area contributed by atoms with Crippen molar-refractivity contribution in [2.45, 2.75) is 11.3 Å². The summed E-state index contributed by atoms with van der Waals surface area (Å²) in [5.74, 6) is 1.08. The molecule has 1 N–H and O–H groups in total. The number of hydrogen-bond acceptors (Lipinski definition) is 7. The van der Waals surface area contributed by atoms with Crippen molar-refractivity contribution in [1.29, 1.82) is 0 Å². The molecule has 0 aliphatic heterocycles. The van der Waals surface area contributed by atoms with E-state index in [1.807, 2.05) is 6.92 Å². The molecule has 1 aromatic carbocycles. The molecule has 0 bridgehead atoms. The van der Waals surface area contributed by atoms with E-state index in [2.05, 4.69) is 31.4 Å². The molecule has 0 spiro atoms. The zero-order valence-corrected chi connectivity index (χ0v) is 14.8. The third kappa shape index (κ3) is 4.42. The van der Waals surface area contributed by atoms with Crippen molar-refractivity contribution in [2.75, 3.05) is 24.7 Å². The van der Waals surface area contributed by atoms with E-state index in [4.69, 9.17) is 4.74 Å². The first-order valence-electron chi connectivity index (χ1n) is 6.21. The van der Waals surface area contributed by atoms with Crippen LogP contribution in [0.5, 0.6) is 5.75 Å². The van der Waals surface area contributed by atoms with Crippen molar-refractivity contribution < 1.29 is 9.53 Å². The van der Waals surface area contributed by atoms with Gasteiger partial charge in [0.1, 0.15) is 5.75 Å². The number of benzene rings is 1. The molecule has 0 aliphatic carbocycles. The van der Waals surface area contributed by atoms with Gasteiger partial charge < -0.3 is 10.1 Å². The van der Waals surface area contributed by atoms with E-state index in [1.54, 1.807) is 25.3 Å². The van der Waals surface area contributed by atoms with Gasteiger partial charge in [0.05, 0.1) is 17.3 Å². The van der Waals surface area contributed by atoms with Gasteiger partial charge in [0, 0.05) is 12.1 Å². The van der Waals surface area contributed by atoms with Crippen LogP contribution in [0, 0.1) is 0 Å². The molecule has 0 aliphatic rings. The molecule has 0 atom stereocenters. The summed E-state index contributed by atoms with van der Waals surface area (Å²) in [6, 6.07) is 5.30. The molecule has 0 fully saturated rings. The summed E-state index contributed by atoms with van der Waals surface area (Å²) in [6.07, 6.45) is 0. The molecule has 2 rings (SSSR count). The van der Waals surface area contributed by atoms with Crippen LogP contribution >= 0.6 is 39.0 Å². The summed E-state index contributed by atoms with van der Waals surface area (Å²) in [6.45, 7) is 2.80. The van der Waals surface area contributed by atoms with Crippen molar-refractivity contribution in [3.05, 3.63) is 28.2 Å². The molecule has 112 valence electrons. The molecule has 0 unspecified atom stereocenters. The summed E-state index contributed by atoms with van der Waals surface area (Å²) in [5, 5.41) is 11.9. The Morgan fingerprint density at radius 3 is 2.95 bits per heavy atom. The lowest BCUT2D eigenvalue weighted by Crippen LogP contribution is -2.02.